The summed E-state index contributed by atoms with van der Waals surface area (Å²) in [7, 11) is 0. The van der Waals surface area contributed by atoms with Gasteiger partial charge in [0.25, 0.3) is 5.91 Å². The monoisotopic (exact) mass is 231 g/mol. The minimum Gasteiger partial charge on any atom is -0.330 e. The molecule has 0 radical (unpaired) electrons. The fourth-order valence-electron chi connectivity index (χ4n) is 1.36. The number of hydrogen-bond donors (Lipinski definition) is 3. The van der Waals surface area contributed by atoms with Crippen LogP contribution in [0.15, 0.2) is 30.3 Å². The van der Waals surface area contributed by atoms with E-state index in [-0.39, 0.29) is 11.9 Å². The molecule has 1 aromatic carbocycles. The number of nitrogens with two attached hydrogens (primary N) is 1. The van der Waals surface area contributed by atoms with E-state index >= 15 is 0 Å². The van der Waals surface area contributed by atoms with Gasteiger partial charge < -0.3 is 5.73 Å². The van der Waals surface area contributed by atoms with Crippen LogP contribution in [0.25, 0.3) is 0 Å². The number of carbonyl (C=O) groups excluding carboxylic acids is 1. The topological polar surface area (TPSA) is 96.7 Å². The number of amides is 1. The third-order valence-electron chi connectivity index (χ3n) is 2.17. The summed E-state index contributed by atoms with van der Waals surface area (Å²) >= 11 is 0. The minimum atomic E-state index is -0.233. The second-order valence-corrected chi connectivity index (χ2v) is 3.46. The first-order valence-corrected chi connectivity index (χ1v) is 5.27. The highest BCUT2D eigenvalue weighted by molar-refractivity contribution is 6.03. The number of rotatable bonds is 4. The molecule has 0 spiro atoms. The second-order valence-electron chi connectivity index (χ2n) is 3.46. The van der Waals surface area contributed by atoms with Gasteiger partial charge in [0.05, 0.1) is 0 Å². The third kappa shape index (κ3) is 2.88. The molecule has 2 aromatic rings. The molecule has 0 fully saturated rings. The molecule has 0 aliphatic heterocycles. The van der Waals surface area contributed by atoms with Crippen LogP contribution in [0.2, 0.25) is 0 Å². The molecule has 0 saturated heterocycles. The molecular weight excluding hydrogens is 218 g/mol. The summed E-state index contributed by atoms with van der Waals surface area (Å²) in [6, 6.07) is 8.90. The zero-order valence-electron chi connectivity index (χ0n) is 9.18. The summed E-state index contributed by atoms with van der Waals surface area (Å²) in [6.07, 6.45) is 0.605. The summed E-state index contributed by atoms with van der Waals surface area (Å²) in [4.78, 5) is 15.8. The predicted molar refractivity (Wildman–Crippen MR) is 63.5 cm³/mol. The van der Waals surface area contributed by atoms with Crippen LogP contribution in [-0.2, 0) is 6.42 Å². The van der Waals surface area contributed by atoms with Crippen LogP contribution in [0.3, 0.4) is 0 Å². The van der Waals surface area contributed by atoms with Gasteiger partial charge in [0, 0.05) is 12.0 Å². The van der Waals surface area contributed by atoms with E-state index in [1.165, 1.54) is 0 Å². The van der Waals surface area contributed by atoms with Crippen molar-refractivity contribution < 1.29 is 4.79 Å². The standard InChI is InChI=1S/C11H13N5O/c12-7-6-9-13-11(16-15-9)14-10(17)8-4-2-1-3-5-8/h1-5H,6-7,12H2,(H2,13,14,15,16,17). The molecule has 1 amide bonds. The van der Waals surface area contributed by atoms with E-state index in [4.69, 9.17) is 5.73 Å². The highest BCUT2D eigenvalue weighted by atomic mass is 16.1. The van der Waals surface area contributed by atoms with E-state index in [2.05, 4.69) is 20.5 Å². The highest BCUT2D eigenvalue weighted by Gasteiger charge is 2.08. The third-order valence-corrected chi connectivity index (χ3v) is 2.17. The Hall–Kier alpha value is -2.21. The van der Waals surface area contributed by atoms with Crippen LogP contribution >= 0.6 is 0 Å². The molecule has 1 heterocycles. The number of anilines is 1. The summed E-state index contributed by atoms with van der Waals surface area (Å²) in [5, 5.41) is 9.19. The second kappa shape index (κ2) is 5.22. The van der Waals surface area contributed by atoms with E-state index < -0.39 is 0 Å². The van der Waals surface area contributed by atoms with Crippen LogP contribution in [0.5, 0.6) is 0 Å². The Balaban J connectivity index is 2.03. The molecule has 6 heteroatoms. The quantitative estimate of drug-likeness (QED) is 0.716. The zero-order chi connectivity index (χ0) is 12.1. The molecule has 0 saturated carbocycles. The van der Waals surface area contributed by atoms with E-state index in [9.17, 15) is 4.79 Å². The van der Waals surface area contributed by atoms with Crippen LogP contribution < -0.4 is 11.1 Å². The first kappa shape index (κ1) is 11.3. The fraction of sp³-hybridized carbons (Fsp3) is 0.182. The van der Waals surface area contributed by atoms with Gasteiger partial charge in [-0.15, -0.1) is 5.10 Å². The summed E-state index contributed by atoms with van der Waals surface area (Å²) in [5.74, 6) is 0.696. The molecule has 0 unspecified atom stereocenters. The van der Waals surface area contributed by atoms with Crippen molar-refractivity contribution in [2.45, 2.75) is 6.42 Å². The molecule has 0 atom stereocenters. The van der Waals surface area contributed by atoms with E-state index in [0.717, 1.165) is 0 Å². The Morgan fingerprint density at radius 1 is 1.35 bits per heavy atom. The number of nitrogens with zero attached hydrogens (tertiary/aromatic N) is 2. The minimum absolute atomic E-state index is 0.233. The molecule has 0 aliphatic carbocycles. The number of aromatic amines is 1. The largest absolute Gasteiger partial charge is 0.330 e. The number of benzene rings is 1. The summed E-state index contributed by atoms with van der Waals surface area (Å²) in [6.45, 7) is 0.487. The molecule has 0 aliphatic rings. The average molecular weight is 231 g/mol. The first-order chi connectivity index (χ1) is 8.29. The van der Waals surface area contributed by atoms with E-state index in [1.807, 2.05) is 6.07 Å². The number of aromatic nitrogens is 3. The lowest BCUT2D eigenvalue weighted by atomic mass is 10.2. The lowest BCUT2D eigenvalue weighted by molar-refractivity contribution is 0.102. The van der Waals surface area contributed by atoms with Crippen molar-refractivity contribution in [1.29, 1.82) is 0 Å². The van der Waals surface area contributed by atoms with Crippen molar-refractivity contribution in [1.82, 2.24) is 15.2 Å². The van der Waals surface area contributed by atoms with Crippen molar-refractivity contribution >= 4 is 11.9 Å². The maximum Gasteiger partial charge on any atom is 0.258 e. The zero-order valence-corrected chi connectivity index (χ0v) is 9.18. The van der Waals surface area contributed by atoms with Crippen molar-refractivity contribution in [2.24, 2.45) is 5.73 Å². The van der Waals surface area contributed by atoms with Gasteiger partial charge in [0.1, 0.15) is 5.82 Å². The number of nitrogens with one attached hydrogen (secondary N) is 2. The lowest BCUT2D eigenvalue weighted by Crippen LogP contribution is -2.12. The molecule has 1 aromatic heterocycles. The van der Waals surface area contributed by atoms with Gasteiger partial charge in [-0.05, 0) is 18.7 Å². The fourth-order valence-corrected chi connectivity index (χ4v) is 1.36. The normalized spacial score (nSPS) is 10.2. The molecule has 0 bridgehead atoms. The predicted octanol–water partition coefficient (Wildman–Crippen LogP) is 0.558. The van der Waals surface area contributed by atoms with Gasteiger partial charge in [-0.3, -0.25) is 15.2 Å². The van der Waals surface area contributed by atoms with Gasteiger partial charge >= 0.3 is 0 Å². The van der Waals surface area contributed by atoms with E-state index in [0.29, 0.717) is 24.4 Å². The maximum absolute atomic E-state index is 11.8. The smallest absolute Gasteiger partial charge is 0.258 e. The van der Waals surface area contributed by atoms with Crippen molar-refractivity contribution in [2.75, 3.05) is 11.9 Å². The first-order valence-electron chi connectivity index (χ1n) is 5.27. The van der Waals surface area contributed by atoms with Crippen molar-refractivity contribution in [3.8, 4) is 0 Å². The highest BCUT2D eigenvalue weighted by Crippen LogP contribution is 2.04. The molecule has 17 heavy (non-hydrogen) atoms. The van der Waals surface area contributed by atoms with Crippen molar-refractivity contribution in [3.05, 3.63) is 41.7 Å². The van der Waals surface area contributed by atoms with Crippen LogP contribution in [-0.4, -0.2) is 27.6 Å². The Kier molecular flexibility index (Phi) is 3.46. The summed E-state index contributed by atoms with van der Waals surface area (Å²) in [5.41, 5.74) is 5.95. The van der Waals surface area contributed by atoms with Crippen molar-refractivity contribution in [3.63, 3.8) is 0 Å². The lowest BCUT2D eigenvalue weighted by Gasteiger charge is -1.99. The molecular formula is C11H13N5O. The number of carbonyl (C=O) groups is 1. The average Bonchev–Trinajstić information content (AvgIpc) is 2.78. The summed E-state index contributed by atoms with van der Waals surface area (Å²) < 4.78 is 0. The molecule has 88 valence electrons. The number of hydrogen-bond acceptors (Lipinski definition) is 4. The van der Waals surface area contributed by atoms with Gasteiger partial charge in [0.2, 0.25) is 5.95 Å². The van der Waals surface area contributed by atoms with Gasteiger partial charge in [-0.25, -0.2) is 0 Å². The number of H-pyrrole nitrogens is 1. The van der Waals surface area contributed by atoms with Gasteiger partial charge in [-0.2, -0.15) is 4.98 Å². The van der Waals surface area contributed by atoms with Crippen LogP contribution in [0.1, 0.15) is 16.2 Å². The van der Waals surface area contributed by atoms with Gasteiger partial charge in [-0.1, -0.05) is 18.2 Å². The Bertz CT molecular complexity index is 494. The van der Waals surface area contributed by atoms with Crippen LogP contribution in [0.4, 0.5) is 5.95 Å². The van der Waals surface area contributed by atoms with E-state index in [1.54, 1.807) is 24.3 Å². The maximum atomic E-state index is 11.8. The SMILES string of the molecule is NCCc1nc(NC(=O)c2ccccc2)n[nH]1. The molecule has 6 nitrogen and oxygen atoms in total. The van der Waals surface area contributed by atoms with Gasteiger partial charge in [0.15, 0.2) is 0 Å². The Labute approximate surface area is 98.3 Å². The molecule has 4 N–H and O–H groups in total. The Morgan fingerprint density at radius 2 is 2.12 bits per heavy atom. The Morgan fingerprint density at radius 3 is 2.82 bits per heavy atom. The molecule has 2 rings (SSSR count). The van der Waals surface area contributed by atoms with Crippen LogP contribution in [0, 0.1) is 0 Å².